The predicted octanol–water partition coefficient (Wildman–Crippen LogP) is 5.00. The summed E-state index contributed by atoms with van der Waals surface area (Å²) in [6, 6.07) is 0. The van der Waals surface area contributed by atoms with E-state index in [9.17, 15) is 4.79 Å². The van der Waals surface area contributed by atoms with Crippen molar-refractivity contribution >= 4 is 23.6 Å². The first kappa shape index (κ1) is 17.6. The van der Waals surface area contributed by atoms with Crippen LogP contribution < -0.4 is 0 Å². The molecule has 0 aliphatic heterocycles. The second kappa shape index (κ2) is 13.0. The van der Waals surface area contributed by atoms with Crippen LogP contribution in [0.5, 0.6) is 0 Å². The van der Waals surface area contributed by atoms with E-state index < -0.39 is 11.9 Å². The number of hydrogen-bond donors (Lipinski definition) is 1. The van der Waals surface area contributed by atoms with Crippen LogP contribution in [0, 0.1) is 5.92 Å². The summed E-state index contributed by atoms with van der Waals surface area (Å²) in [6.45, 7) is 2.24. The third-order valence-electron chi connectivity index (χ3n) is 3.35. The minimum absolute atomic E-state index is 0.422. The number of unbranched alkanes of at least 4 members (excludes halogenated alkanes) is 9. The van der Waals surface area contributed by atoms with Crippen LogP contribution in [0.15, 0.2) is 0 Å². The molecule has 0 fully saturated rings. The Kier molecular flexibility index (Phi) is 12.7. The second-order valence-corrected chi connectivity index (χ2v) is 5.32. The van der Waals surface area contributed by atoms with Gasteiger partial charge in [0.1, 0.15) is 0 Å². The standard InChI is InChI=1S/C15H28O2S/c1-2-3-4-5-6-7-8-9-10-11-12-14(13-18)15(16)17/h13-14H,2-12H2,1H3,(H,16,17). The lowest BCUT2D eigenvalue weighted by atomic mass is 10.0. The zero-order valence-electron chi connectivity index (χ0n) is 11.7. The highest BCUT2D eigenvalue weighted by atomic mass is 32.1. The smallest absolute Gasteiger partial charge is 0.311 e. The van der Waals surface area contributed by atoms with Crippen molar-refractivity contribution in [1.29, 1.82) is 0 Å². The molecule has 0 bridgehead atoms. The van der Waals surface area contributed by atoms with Gasteiger partial charge in [-0.3, -0.25) is 4.79 Å². The Hall–Kier alpha value is -0.440. The SMILES string of the molecule is CCCCCCCCCCCCC(C=S)C(=O)O. The maximum atomic E-state index is 10.7. The Morgan fingerprint density at radius 2 is 1.44 bits per heavy atom. The third-order valence-corrected chi connectivity index (χ3v) is 3.68. The molecular weight excluding hydrogens is 244 g/mol. The fraction of sp³-hybridized carbons (Fsp3) is 0.867. The number of carbonyl (C=O) groups is 1. The number of aliphatic carboxylic acids is 1. The molecule has 1 N–H and O–H groups in total. The van der Waals surface area contributed by atoms with Crippen LogP contribution in [0.1, 0.15) is 77.6 Å². The molecule has 0 aliphatic carbocycles. The van der Waals surface area contributed by atoms with Crippen LogP contribution in [0.2, 0.25) is 0 Å². The molecule has 3 heteroatoms. The van der Waals surface area contributed by atoms with Gasteiger partial charge in [-0.1, -0.05) is 83.3 Å². The molecule has 0 rings (SSSR count). The average molecular weight is 272 g/mol. The van der Waals surface area contributed by atoms with Gasteiger partial charge in [-0.05, 0) is 11.8 Å². The normalized spacial score (nSPS) is 12.3. The van der Waals surface area contributed by atoms with E-state index in [0.29, 0.717) is 6.42 Å². The summed E-state index contributed by atoms with van der Waals surface area (Å²) in [6.07, 6.45) is 13.5. The van der Waals surface area contributed by atoms with E-state index in [2.05, 4.69) is 6.92 Å². The topological polar surface area (TPSA) is 37.3 Å². The van der Waals surface area contributed by atoms with Crippen LogP contribution in [-0.4, -0.2) is 16.4 Å². The summed E-state index contributed by atoms with van der Waals surface area (Å²) in [5.74, 6) is -1.20. The van der Waals surface area contributed by atoms with Crippen molar-refractivity contribution in [1.82, 2.24) is 0 Å². The average Bonchev–Trinajstić information content (AvgIpc) is 2.35. The van der Waals surface area contributed by atoms with E-state index in [1.165, 1.54) is 56.7 Å². The Morgan fingerprint density at radius 3 is 1.83 bits per heavy atom. The highest BCUT2D eigenvalue weighted by Crippen LogP contribution is 2.13. The molecule has 0 saturated carbocycles. The van der Waals surface area contributed by atoms with Gasteiger partial charge in [0.15, 0.2) is 0 Å². The van der Waals surface area contributed by atoms with Gasteiger partial charge in [-0.15, -0.1) is 0 Å². The predicted molar refractivity (Wildman–Crippen MR) is 81.2 cm³/mol. The Labute approximate surface area is 117 Å². The van der Waals surface area contributed by atoms with Crippen molar-refractivity contribution in [2.24, 2.45) is 5.92 Å². The summed E-state index contributed by atoms with van der Waals surface area (Å²) < 4.78 is 0. The van der Waals surface area contributed by atoms with Crippen molar-refractivity contribution < 1.29 is 9.90 Å². The fourth-order valence-electron chi connectivity index (χ4n) is 2.10. The number of rotatable bonds is 13. The molecule has 0 spiro atoms. The highest BCUT2D eigenvalue weighted by molar-refractivity contribution is 7.79. The summed E-state index contributed by atoms with van der Waals surface area (Å²) in [7, 11) is 0. The summed E-state index contributed by atoms with van der Waals surface area (Å²) in [4.78, 5) is 10.7. The van der Waals surface area contributed by atoms with Gasteiger partial charge in [-0.25, -0.2) is 0 Å². The van der Waals surface area contributed by atoms with Crippen molar-refractivity contribution in [3.05, 3.63) is 0 Å². The Morgan fingerprint density at radius 1 is 1.00 bits per heavy atom. The molecule has 1 unspecified atom stereocenters. The van der Waals surface area contributed by atoms with E-state index >= 15 is 0 Å². The molecule has 0 saturated heterocycles. The monoisotopic (exact) mass is 272 g/mol. The quantitative estimate of drug-likeness (QED) is 0.379. The van der Waals surface area contributed by atoms with Crippen LogP contribution in [0.4, 0.5) is 0 Å². The molecule has 0 aromatic carbocycles. The number of carboxylic acids is 1. The molecule has 0 aliphatic rings. The van der Waals surface area contributed by atoms with Crippen molar-refractivity contribution in [2.45, 2.75) is 77.6 Å². The third kappa shape index (κ3) is 10.7. The molecule has 18 heavy (non-hydrogen) atoms. The van der Waals surface area contributed by atoms with E-state index in [1.54, 1.807) is 0 Å². The van der Waals surface area contributed by atoms with Gasteiger partial charge < -0.3 is 5.11 Å². The summed E-state index contributed by atoms with van der Waals surface area (Å²) in [5, 5.41) is 10.2. The minimum atomic E-state index is -0.777. The molecule has 106 valence electrons. The molecule has 0 amide bonds. The minimum Gasteiger partial charge on any atom is -0.481 e. The first-order valence-corrected chi connectivity index (χ1v) is 7.87. The van der Waals surface area contributed by atoms with Crippen LogP contribution in [-0.2, 0) is 4.79 Å². The van der Waals surface area contributed by atoms with Crippen molar-refractivity contribution in [3.63, 3.8) is 0 Å². The largest absolute Gasteiger partial charge is 0.481 e. The van der Waals surface area contributed by atoms with Gasteiger partial charge in [0, 0.05) is 0 Å². The molecular formula is C15H28O2S. The molecule has 2 nitrogen and oxygen atoms in total. The lowest BCUT2D eigenvalue weighted by molar-refractivity contribution is -0.139. The molecule has 0 aromatic rings. The van der Waals surface area contributed by atoms with E-state index in [1.807, 2.05) is 0 Å². The van der Waals surface area contributed by atoms with E-state index in [4.69, 9.17) is 17.3 Å². The van der Waals surface area contributed by atoms with Crippen molar-refractivity contribution in [3.8, 4) is 0 Å². The molecule has 0 aromatic heterocycles. The number of hydrogen-bond acceptors (Lipinski definition) is 2. The highest BCUT2D eigenvalue weighted by Gasteiger charge is 2.12. The van der Waals surface area contributed by atoms with Crippen LogP contribution in [0.25, 0.3) is 0 Å². The fourth-order valence-corrected chi connectivity index (χ4v) is 2.35. The van der Waals surface area contributed by atoms with E-state index in [0.717, 1.165) is 12.8 Å². The number of carboxylic acid groups (broad SMARTS) is 1. The zero-order chi connectivity index (χ0) is 13.6. The number of thiocarbonyl (C=S) groups is 1. The first-order valence-electron chi connectivity index (χ1n) is 7.40. The maximum absolute atomic E-state index is 10.7. The van der Waals surface area contributed by atoms with E-state index in [-0.39, 0.29) is 0 Å². The van der Waals surface area contributed by atoms with Crippen LogP contribution in [0.3, 0.4) is 0 Å². The second-order valence-electron chi connectivity index (χ2n) is 5.05. The maximum Gasteiger partial charge on any atom is 0.311 e. The summed E-state index contributed by atoms with van der Waals surface area (Å²) in [5.41, 5.74) is 0. The van der Waals surface area contributed by atoms with Crippen LogP contribution >= 0.6 is 12.2 Å². The Bertz CT molecular complexity index is 217. The molecule has 1 atom stereocenters. The van der Waals surface area contributed by atoms with Gasteiger partial charge in [-0.2, -0.15) is 0 Å². The molecule has 0 heterocycles. The lowest BCUT2D eigenvalue weighted by Crippen LogP contribution is -2.13. The van der Waals surface area contributed by atoms with Gasteiger partial charge in [0.25, 0.3) is 0 Å². The van der Waals surface area contributed by atoms with Crippen molar-refractivity contribution in [2.75, 3.05) is 0 Å². The lowest BCUT2D eigenvalue weighted by Gasteiger charge is -2.06. The zero-order valence-corrected chi connectivity index (χ0v) is 12.5. The van der Waals surface area contributed by atoms with Gasteiger partial charge in [0.2, 0.25) is 0 Å². The van der Waals surface area contributed by atoms with Gasteiger partial charge in [0.05, 0.1) is 5.92 Å². The Balaban J connectivity index is 3.20. The first-order chi connectivity index (χ1) is 8.72. The summed E-state index contributed by atoms with van der Waals surface area (Å²) >= 11 is 4.71. The molecule has 0 radical (unpaired) electrons. The van der Waals surface area contributed by atoms with Gasteiger partial charge >= 0.3 is 5.97 Å².